The molecule has 0 spiro atoms. The summed E-state index contributed by atoms with van der Waals surface area (Å²) in [6.45, 7) is 3.92. The summed E-state index contributed by atoms with van der Waals surface area (Å²) < 4.78 is 10.9. The van der Waals surface area contributed by atoms with Crippen LogP contribution in [0.15, 0.2) is 0 Å². The van der Waals surface area contributed by atoms with Gasteiger partial charge in [0.25, 0.3) is 0 Å². The zero-order chi connectivity index (χ0) is 12.5. The van der Waals surface area contributed by atoms with Crippen LogP contribution in [0.3, 0.4) is 0 Å². The maximum atomic E-state index is 9.01. The van der Waals surface area contributed by atoms with Gasteiger partial charge in [0.2, 0.25) is 0 Å². The van der Waals surface area contributed by atoms with Crippen molar-refractivity contribution in [3.63, 3.8) is 0 Å². The Kier molecular flexibility index (Phi) is 7.77. The van der Waals surface area contributed by atoms with Gasteiger partial charge < -0.3 is 19.9 Å². The molecule has 102 valence electrons. The molecule has 0 aromatic heterocycles. The minimum absolute atomic E-state index is 0.211. The van der Waals surface area contributed by atoms with Crippen LogP contribution in [-0.2, 0) is 9.47 Å². The number of ether oxygens (including phenoxy) is 2. The number of aliphatic hydroxyl groups excluding tert-OH is 1. The third-order valence-electron chi connectivity index (χ3n) is 3.29. The number of methoxy groups -OCH3 is 1. The Labute approximate surface area is 105 Å². The summed E-state index contributed by atoms with van der Waals surface area (Å²) in [5.41, 5.74) is 0. The highest BCUT2D eigenvalue weighted by molar-refractivity contribution is 4.80. The Balaban J connectivity index is 2.32. The maximum Gasteiger partial charge on any atom is 0.0616 e. The fourth-order valence-electron chi connectivity index (χ4n) is 2.46. The molecule has 17 heavy (non-hydrogen) atoms. The van der Waals surface area contributed by atoms with Crippen molar-refractivity contribution in [2.24, 2.45) is 0 Å². The lowest BCUT2D eigenvalue weighted by Crippen LogP contribution is -2.46. The van der Waals surface area contributed by atoms with Crippen LogP contribution in [-0.4, -0.2) is 50.2 Å². The monoisotopic (exact) mass is 245 g/mol. The molecule has 0 amide bonds. The third-order valence-corrected chi connectivity index (χ3v) is 3.29. The molecule has 1 rings (SSSR count). The first-order chi connectivity index (χ1) is 8.30. The summed E-state index contributed by atoms with van der Waals surface area (Å²) in [6.07, 6.45) is 5.63. The molecule has 1 saturated heterocycles. The SMILES string of the molecule is CCCC1CC(NC(CCO)COC)CCO1. The van der Waals surface area contributed by atoms with Crippen LogP contribution in [0.2, 0.25) is 0 Å². The molecule has 0 aliphatic carbocycles. The summed E-state index contributed by atoms with van der Waals surface area (Å²) in [7, 11) is 1.70. The summed E-state index contributed by atoms with van der Waals surface area (Å²) in [6, 6.07) is 0.766. The lowest BCUT2D eigenvalue weighted by Gasteiger charge is -2.32. The highest BCUT2D eigenvalue weighted by atomic mass is 16.5. The van der Waals surface area contributed by atoms with Crippen LogP contribution in [0.25, 0.3) is 0 Å². The number of hydrogen-bond donors (Lipinski definition) is 2. The highest BCUT2D eigenvalue weighted by Gasteiger charge is 2.23. The largest absolute Gasteiger partial charge is 0.396 e. The normalized spacial score (nSPS) is 27.0. The average molecular weight is 245 g/mol. The smallest absolute Gasteiger partial charge is 0.0616 e. The Hall–Kier alpha value is -0.160. The van der Waals surface area contributed by atoms with Gasteiger partial charge in [0.15, 0.2) is 0 Å². The Morgan fingerprint density at radius 1 is 1.53 bits per heavy atom. The van der Waals surface area contributed by atoms with E-state index in [2.05, 4.69) is 12.2 Å². The van der Waals surface area contributed by atoms with Crippen molar-refractivity contribution in [1.29, 1.82) is 0 Å². The van der Waals surface area contributed by atoms with Gasteiger partial charge >= 0.3 is 0 Å². The van der Waals surface area contributed by atoms with E-state index >= 15 is 0 Å². The van der Waals surface area contributed by atoms with E-state index < -0.39 is 0 Å². The standard InChI is InChI=1S/C13H27NO3/c1-3-4-13-9-11(6-8-17-13)14-12(5-7-15)10-16-2/h11-15H,3-10H2,1-2H3. The second-order valence-electron chi connectivity index (χ2n) is 4.83. The first-order valence-corrected chi connectivity index (χ1v) is 6.77. The van der Waals surface area contributed by atoms with Crippen LogP contribution < -0.4 is 5.32 Å². The molecule has 0 aromatic rings. The number of rotatable bonds is 8. The Morgan fingerprint density at radius 3 is 3.00 bits per heavy atom. The van der Waals surface area contributed by atoms with Gasteiger partial charge in [0, 0.05) is 32.4 Å². The van der Waals surface area contributed by atoms with Crippen LogP contribution >= 0.6 is 0 Å². The van der Waals surface area contributed by atoms with Crippen molar-refractivity contribution < 1.29 is 14.6 Å². The van der Waals surface area contributed by atoms with E-state index in [4.69, 9.17) is 14.6 Å². The van der Waals surface area contributed by atoms with Gasteiger partial charge in [-0.15, -0.1) is 0 Å². The molecule has 0 radical (unpaired) electrons. The summed E-state index contributed by atoms with van der Waals surface area (Å²) >= 11 is 0. The van der Waals surface area contributed by atoms with Crippen LogP contribution in [0.1, 0.15) is 39.0 Å². The van der Waals surface area contributed by atoms with Crippen molar-refractivity contribution in [2.75, 3.05) is 26.9 Å². The van der Waals surface area contributed by atoms with Crippen molar-refractivity contribution in [3.05, 3.63) is 0 Å². The van der Waals surface area contributed by atoms with Crippen LogP contribution in [0, 0.1) is 0 Å². The van der Waals surface area contributed by atoms with Gasteiger partial charge in [-0.3, -0.25) is 0 Å². The second-order valence-corrected chi connectivity index (χ2v) is 4.83. The quantitative estimate of drug-likeness (QED) is 0.677. The number of hydrogen-bond acceptors (Lipinski definition) is 4. The zero-order valence-corrected chi connectivity index (χ0v) is 11.2. The molecular formula is C13H27NO3. The highest BCUT2D eigenvalue weighted by Crippen LogP contribution is 2.18. The molecule has 1 aliphatic rings. The lowest BCUT2D eigenvalue weighted by molar-refractivity contribution is -0.00757. The molecule has 0 bridgehead atoms. The predicted molar refractivity (Wildman–Crippen MR) is 68.2 cm³/mol. The fraction of sp³-hybridized carbons (Fsp3) is 1.00. The summed E-state index contributed by atoms with van der Waals surface area (Å²) in [5.74, 6) is 0. The van der Waals surface area contributed by atoms with Gasteiger partial charge in [0.05, 0.1) is 12.7 Å². The average Bonchev–Trinajstić information content (AvgIpc) is 2.30. The fourth-order valence-corrected chi connectivity index (χ4v) is 2.46. The van der Waals surface area contributed by atoms with Crippen LogP contribution in [0.4, 0.5) is 0 Å². The van der Waals surface area contributed by atoms with Crippen molar-refractivity contribution in [3.8, 4) is 0 Å². The van der Waals surface area contributed by atoms with E-state index in [-0.39, 0.29) is 12.6 Å². The zero-order valence-electron chi connectivity index (χ0n) is 11.2. The van der Waals surface area contributed by atoms with Crippen molar-refractivity contribution >= 4 is 0 Å². The van der Waals surface area contributed by atoms with Gasteiger partial charge in [0.1, 0.15) is 0 Å². The molecule has 2 N–H and O–H groups in total. The summed E-state index contributed by atoms with van der Waals surface area (Å²) in [5, 5.41) is 12.6. The summed E-state index contributed by atoms with van der Waals surface area (Å²) in [4.78, 5) is 0. The number of aliphatic hydroxyl groups is 1. The van der Waals surface area contributed by atoms with Gasteiger partial charge in [-0.2, -0.15) is 0 Å². The van der Waals surface area contributed by atoms with Gasteiger partial charge in [-0.25, -0.2) is 0 Å². The second kappa shape index (κ2) is 8.86. The lowest BCUT2D eigenvalue weighted by atomic mass is 9.99. The minimum Gasteiger partial charge on any atom is -0.396 e. The van der Waals surface area contributed by atoms with Gasteiger partial charge in [-0.05, 0) is 25.7 Å². The Morgan fingerprint density at radius 2 is 2.35 bits per heavy atom. The molecule has 4 nitrogen and oxygen atoms in total. The van der Waals surface area contributed by atoms with E-state index in [1.165, 1.54) is 6.42 Å². The first-order valence-electron chi connectivity index (χ1n) is 6.77. The molecule has 1 aliphatic heterocycles. The topological polar surface area (TPSA) is 50.7 Å². The maximum absolute atomic E-state index is 9.01. The predicted octanol–water partition coefficient (Wildman–Crippen LogP) is 1.32. The molecule has 0 aromatic carbocycles. The molecule has 0 saturated carbocycles. The van der Waals surface area contributed by atoms with E-state index in [0.29, 0.717) is 18.8 Å². The Bertz CT molecular complexity index is 182. The third kappa shape index (κ3) is 5.82. The van der Waals surface area contributed by atoms with Crippen molar-refractivity contribution in [1.82, 2.24) is 5.32 Å². The molecule has 3 unspecified atom stereocenters. The van der Waals surface area contributed by atoms with E-state index in [0.717, 1.165) is 32.3 Å². The van der Waals surface area contributed by atoms with E-state index in [1.807, 2.05) is 0 Å². The minimum atomic E-state index is 0.211. The number of nitrogens with one attached hydrogen (secondary N) is 1. The van der Waals surface area contributed by atoms with E-state index in [9.17, 15) is 0 Å². The molecule has 3 atom stereocenters. The molecule has 1 fully saturated rings. The van der Waals surface area contributed by atoms with E-state index in [1.54, 1.807) is 7.11 Å². The molecular weight excluding hydrogens is 218 g/mol. The van der Waals surface area contributed by atoms with Crippen molar-refractivity contribution in [2.45, 2.75) is 57.2 Å². The first kappa shape index (κ1) is 14.9. The van der Waals surface area contributed by atoms with Crippen LogP contribution in [0.5, 0.6) is 0 Å². The molecule has 4 heteroatoms. The molecule has 1 heterocycles. The van der Waals surface area contributed by atoms with Gasteiger partial charge in [-0.1, -0.05) is 13.3 Å².